The van der Waals surface area contributed by atoms with Crippen molar-refractivity contribution in [3.05, 3.63) is 0 Å². The molecule has 1 amide bonds. The van der Waals surface area contributed by atoms with E-state index in [0.29, 0.717) is 12.5 Å². The van der Waals surface area contributed by atoms with Crippen LogP contribution in [0, 0.1) is 23.7 Å². The lowest BCUT2D eigenvalue weighted by Gasteiger charge is -2.26. The second-order valence-electron chi connectivity index (χ2n) is 6.80. The summed E-state index contributed by atoms with van der Waals surface area (Å²) in [6.07, 6.45) is 5.18. The Balaban J connectivity index is 2.37. The lowest BCUT2D eigenvalue weighted by molar-refractivity contribution is -0.138. The Bertz CT molecular complexity index is 320. The molecule has 0 heterocycles. The fourth-order valence-electron chi connectivity index (χ4n) is 3.06. The van der Waals surface area contributed by atoms with Crippen LogP contribution in [0.1, 0.15) is 59.3 Å². The van der Waals surface area contributed by atoms with E-state index in [-0.39, 0.29) is 24.2 Å². The molecule has 0 spiro atoms. The third-order valence-electron chi connectivity index (χ3n) is 4.22. The van der Waals surface area contributed by atoms with Gasteiger partial charge in [-0.3, -0.25) is 9.59 Å². The molecular formula is C16H29NO3. The Labute approximate surface area is 122 Å². The smallest absolute Gasteiger partial charge is 0.303 e. The molecule has 0 aliphatic heterocycles. The van der Waals surface area contributed by atoms with Gasteiger partial charge in [0.25, 0.3) is 0 Å². The van der Waals surface area contributed by atoms with Gasteiger partial charge < -0.3 is 10.4 Å². The Morgan fingerprint density at radius 1 is 1.20 bits per heavy atom. The first-order valence-electron chi connectivity index (χ1n) is 7.88. The fourth-order valence-corrected chi connectivity index (χ4v) is 3.06. The zero-order valence-corrected chi connectivity index (χ0v) is 13.0. The van der Waals surface area contributed by atoms with Gasteiger partial charge in [-0.05, 0) is 49.9 Å². The van der Waals surface area contributed by atoms with Gasteiger partial charge in [-0.2, -0.15) is 0 Å². The highest BCUT2D eigenvalue weighted by Gasteiger charge is 2.25. The summed E-state index contributed by atoms with van der Waals surface area (Å²) in [5, 5.41) is 11.9. The molecule has 1 unspecified atom stereocenters. The van der Waals surface area contributed by atoms with Crippen LogP contribution in [0.15, 0.2) is 0 Å². The van der Waals surface area contributed by atoms with Crippen LogP contribution in [0.4, 0.5) is 0 Å². The van der Waals surface area contributed by atoms with Gasteiger partial charge >= 0.3 is 5.97 Å². The van der Waals surface area contributed by atoms with Crippen molar-refractivity contribution in [2.75, 3.05) is 6.54 Å². The number of aliphatic carboxylic acids is 1. The van der Waals surface area contributed by atoms with Crippen molar-refractivity contribution in [3.63, 3.8) is 0 Å². The number of amides is 1. The zero-order chi connectivity index (χ0) is 15.1. The Morgan fingerprint density at radius 3 is 2.30 bits per heavy atom. The summed E-state index contributed by atoms with van der Waals surface area (Å²) >= 11 is 0. The molecule has 1 saturated carbocycles. The lowest BCUT2D eigenvalue weighted by atomic mass is 9.82. The van der Waals surface area contributed by atoms with Crippen LogP contribution < -0.4 is 5.32 Å². The second-order valence-corrected chi connectivity index (χ2v) is 6.80. The van der Waals surface area contributed by atoms with E-state index in [2.05, 4.69) is 26.1 Å². The van der Waals surface area contributed by atoms with Gasteiger partial charge in [-0.1, -0.05) is 20.8 Å². The van der Waals surface area contributed by atoms with Crippen molar-refractivity contribution in [1.82, 2.24) is 5.32 Å². The SMILES string of the molecule is CC(C)CC(CNC(=O)C1CCC(C)CC1)CC(=O)O. The van der Waals surface area contributed by atoms with Crippen molar-refractivity contribution < 1.29 is 14.7 Å². The van der Waals surface area contributed by atoms with Crippen LogP contribution in [0.5, 0.6) is 0 Å². The molecule has 0 saturated heterocycles. The Hall–Kier alpha value is -1.06. The van der Waals surface area contributed by atoms with Gasteiger partial charge in [-0.25, -0.2) is 0 Å². The normalized spacial score (nSPS) is 24.4. The maximum atomic E-state index is 12.1. The molecule has 116 valence electrons. The van der Waals surface area contributed by atoms with Crippen LogP contribution in [0.3, 0.4) is 0 Å². The van der Waals surface area contributed by atoms with Crippen LogP contribution in [-0.4, -0.2) is 23.5 Å². The molecule has 4 nitrogen and oxygen atoms in total. The average Bonchev–Trinajstić information content (AvgIpc) is 2.35. The van der Waals surface area contributed by atoms with E-state index < -0.39 is 5.97 Å². The molecular weight excluding hydrogens is 254 g/mol. The first-order chi connectivity index (χ1) is 9.38. The minimum Gasteiger partial charge on any atom is -0.481 e. The topological polar surface area (TPSA) is 66.4 Å². The van der Waals surface area contributed by atoms with Gasteiger partial charge in [-0.15, -0.1) is 0 Å². The maximum absolute atomic E-state index is 12.1. The Morgan fingerprint density at radius 2 is 1.80 bits per heavy atom. The van der Waals surface area contributed by atoms with Gasteiger partial charge in [0.2, 0.25) is 5.91 Å². The van der Waals surface area contributed by atoms with E-state index >= 15 is 0 Å². The molecule has 0 bridgehead atoms. The van der Waals surface area contributed by atoms with Crippen LogP contribution in [0.25, 0.3) is 0 Å². The third-order valence-corrected chi connectivity index (χ3v) is 4.22. The molecule has 1 aliphatic rings. The summed E-state index contributed by atoms with van der Waals surface area (Å²) in [6, 6.07) is 0. The number of carbonyl (C=O) groups excluding carboxylic acids is 1. The third kappa shape index (κ3) is 6.40. The summed E-state index contributed by atoms with van der Waals surface area (Å²) in [4.78, 5) is 23.0. The molecule has 0 aromatic rings. The van der Waals surface area contributed by atoms with E-state index in [0.717, 1.165) is 38.0 Å². The standard InChI is InChI=1S/C16H29NO3/c1-11(2)8-13(9-15(18)19)10-17-16(20)14-6-4-12(3)5-7-14/h11-14H,4-10H2,1-3H3,(H,17,20)(H,18,19). The molecule has 1 fully saturated rings. The molecule has 0 aromatic carbocycles. The highest BCUT2D eigenvalue weighted by molar-refractivity contribution is 5.78. The lowest BCUT2D eigenvalue weighted by Crippen LogP contribution is -2.36. The number of hydrogen-bond acceptors (Lipinski definition) is 2. The number of carboxylic acids is 1. The van der Waals surface area contributed by atoms with Crippen molar-refractivity contribution in [3.8, 4) is 0 Å². The molecule has 0 aromatic heterocycles. The monoisotopic (exact) mass is 283 g/mol. The fraction of sp³-hybridized carbons (Fsp3) is 0.875. The summed E-state index contributed by atoms with van der Waals surface area (Å²) in [6.45, 7) is 6.90. The molecule has 1 atom stereocenters. The largest absolute Gasteiger partial charge is 0.481 e. The average molecular weight is 283 g/mol. The number of rotatable bonds is 7. The van der Waals surface area contributed by atoms with E-state index in [1.165, 1.54) is 0 Å². The number of hydrogen-bond donors (Lipinski definition) is 2. The highest BCUT2D eigenvalue weighted by Crippen LogP contribution is 2.28. The van der Waals surface area contributed by atoms with E-state index in [1.807, 2.05) is 0 Å². The number of carboxylic acid groups (broad SMARTS) is 1. The Kier molecular flexibility index (Phi) is 7.03. The number of nitrogens with one attached hydrogen (secondary N) is 1. The molecule has 20 heavy (non-hydrogen) atoms. The minimum absolute atomic E-state index is 0.0407. The summed E-state index contributed by atoms with van der Waals surface area (Å²) in [5.41, 5.74) is 0. The van der Waals surface area contributed by atoms with Crippen molar-refractivity contribution >= 4 is 11.9 Å². The van der Waals surface area contributed by atoms with Gasteiger partial charge in [0.15, 0.2) is 0 Å². The van der Waals surface area contributed by atoms with E-state index in [9.17, 15) is 9.59 Å². The van der Waals surface area contributed by atoms with Crippen molar-refractivity contribution in [1.29, 1.82) is 0 Å². The van der Waals surface area contributed by atoms with Crippen molar-refractivity contribution in [2.45, 2.75) is 59.3 Å². The molecule has 1 rings (SSSR count). The van der Waals surface area contributed by atoms with Gasteiger partial charge in [0.05, 0.1) is 0 Å². The first kappa shape index (κ1) is 17.0. The maximum Gasteiger partial charge on any atom is 0.303 e. The summed E-state index contributed by atoms with van der Waals surface area (Å²) in [7, 11) is 0. The van der Waals surface area contributed by atoms with Crippen LogP contribution in [0.2, 0.25) is 0 Å². The first-order valence-corrected chi connectivity index (χ1v) is 7.88. The van der Waals surface area contributed by atoms with Crippen LogP contribution in [-0.2, 0) is 9.59 Å². The number of carbonyl (C=O) groups is 2. The molecule has 2 N–H and O–H groups in total. The molecule has 1 aliphatic carbocycles. The quantitative estimate of drug-likeness (QED) is 0.754. The van der Waals surface area contributed by atoms with E-state index in [4.69, 9.17) is 5.11 Å². The predicted octanol–water partition coefficient (Wildman–Crippen LogP) is 3.07. The summed E-state index contributed by atoms with van der Waals surface area (Å²) < 4.78 is 0. The second kappa shape index (κ2) is 8.28. The van der Waals surface area contributed by atoms with E-state index in [1.54, 1.807) is 0 Å². The predicted molar refractivity (Wildman–Crippen MR) is 79.3 cm³/mol. The highest BCUT2D eigenvalue weighted by atomic mass is 16.4. The van der Waals surface area contributed by atoms with Gasteiger partial charge in [0.1, 0.15) is 0 Å². The molecule has 0 radical (unpaired) electrons. The van der Waals surface area contributed by atoms with Gasteiger partial charge in [0, 0.05) is 18.9 Å². The van der Waals surface area contributed by atoms with Crippen LogP contribution >= 0.6 is 0 Å². The zero-order valence-electron chi connectivity index (χ0n) is 13.0. The minimum atomic E-state index is -0.781. The van der Waals surface area contributed by atoms with Crippen molar-refractivity contribution in [2.24, 2.45) is 23.7 Å². The summed E-state index contributed by atoms with van der Waals surface area (Å²) in [5.74, 6) is 0.702. The molecule has 4 heteroatoms.